The van der Waals surface area contributed by atoms with Crippen molar-refractivity contribution < 1.29 is 30.6 Å². The quantitative estimate of drug-likeness (QED) is 0.264. The van der Waals surface area contributed by atoms with Gasteiger partial charge in [-0.2, -0.15) is 23.0 Å². The lowest BCUT2D eigenvalue weighted by Crippen LogP contribution is -2.13. The van der Waals surface area contributed by atoms with E-state index in [4.69, 9.17) is 8.92 Å². The third-order valence-electron chi connectivity index (χ3n) is 4.07. The summed E-state index contributed by atoms with van der Waals surface area (Å²) in [6.07, 6.45) is 2.19. The molecular formula is C20H16N4O7S3. The molecule has 0 unspecified atom stereocenters. The zero-order valence-electron chi connectivity index (χ0n) is 17.6. The molecule has 11 nitrogen and oxygen atoms in total. The molecule has 0 saturated carbocycles. The Hall–Kier alpha value is -3.80. The first-order chi connectivity index (χ1) is 16.0. The number of nitriles is 1. The molecule has 0 aliphatic carbocycles. The molecule has 3 aromatic rings. The summed E-state index contributed by atoms with van der Waals surface area (Å²) in [5.74, 6) is -0.298. The van der Waals surface area contributed by atoms with E-state index in [2.05, 4.69) is 14.7 Å². The molecule has 0 radical (unpaired) electrons. The number of nitrogens with zero attached hydrogens (tertiary/aromatic N) is 3. The number of ether oxygens (including phenoxy) is 1. The van der Waals surface area contributed by atoms with E-state index in [1.165, 1.54) is 61.7 Å². The van der Waals surface area contributed by atoms with Crippen molar-refractivity contribution >= 4 is 48.6 Å². The first-order valence-electron chi connectivity index (χ1n) is 9.17. The minimum Gasteiger partial charge on any atom is -0.497 e. The zero-order valence-corrected chi connectivity index (χ0v) is 20.1. The van der Waals surface area contributed by atoms with Crippen molar-refractivity contribution in [2.45, 2.75) is 10.1 Å². The molecule has 14 heteroatoms. The number of anilines is 1. The predicted octanol–water partition coefficient (Wildman–Crippen LogP) is 2.26. The van der Waals surface area contributed by atoms with Gasteiger partial charge in [-0.25, -0.2) is 8.42 Å². The minimum absolute atomic E-state index is 0.0260. The second-order valence-corrected chi connectivity index (χ2v) is 10.8. The van der Waals surface area contributed by atoms with Gasteiger partial charge in [-0.05, 0) is 48.0 Å². The summed E-state index contributed by atoms with van der Waals surface area (Å²) in [6.45, 7) is 0. The Morgan fingerprint density at radius 2 is 1.68 bits per heavy atom. The highest BCUT2D eigenvalue weighted by Gasteiger charge is 2.18. The summed E-state index contributed by atoms with van der Waals surface area (Å²) in [4.78, 5) is 16.0. The van der Waals surface area contributed by atoms with Gasteiger partial charge in [0.25, 0.3) is 11.1 Å². The molecule has 176 valence electrons. The van der Waals surface area contributed by atoms with Gasteiger partial charge in [-0.15, -0.1) is 0 Å². The van der Waals surface area contributed by atoms with Crippen molar-refractivity contribution in [3.8, 4) is 17.6 Å². The van der Waals surface area contributed by atoms with Crippen LogP contribution in [-0.4, -0.2) is 45.5 Å². The first kappa shape index (κ1) is 24.8. The second kappa shape index (κ2) is 10.00. The third-order valence-corrected chi connectivity index (χ3v) is 6.92. The van der Waals surface area contributed by atoms with Crippen LogP contribution >= 0.6 is 11.5 Å². The van der Waals surface area contributed by atoms with Crippen molar-refractivity contribution in [1.29, 1.82) is 5.26 Å². The molecule has 0 fully saturated rings. The van der Waals surface area contributed by atoms with Gasteiger partial charge in [0.05, 0.1) is 7.11 Å². The third kappa shape index (κ3) is 6.16. The molecule has 1 amide bonds. The number of sulfone groups is 1. The number of benzene rings is 2. The highest BCUT2D eigenvalue weighted by Crippen LogP contribution is 2.22. The van der Waals surface area contributed by atoms with Crippen molar-refractivity contribution in [2.75, 3.05) is 18.7 Å². The van der Waals surface area contributed by atoms with E-state index in [0.717, 1.165) is 6.26 Å². The van der Waals surface area contributed by atoms with Crippen LogP contribution in [0.25, 0.3) is 6.08 Å². The highest BCUT2D eigenvalue weighted by molar-refractivity contribution is 7.90. The number of nitrogens with one attached hydrogen (secondary N) is 1. The largest absolute Gasteiger partial charge is 0.497 e. The van der Waals surface area contributed by atoms with Gasteiger partial charge in [-0.1, -0.05) is 12.1 Å². The maximum absolute atomic E-state index is 12.4. The Labute approximate surface area is 199 Å². The second-order valence-electron chi connectivity index (χ2n) is 6.56. The summed E-state index contributed by atoms with van der Waals surface area (Å²) < 4.78 is 61.4. The lowest BCUT2D eigenvalue weighted by molar-refractivity contribution is -0.112. The standard InChI is InChI=1S/C20H16N4O7S3/c1-30-15-7-9-17(10-8-15)34(28,29)31-16-5-3-13(4-6-16)11-14(12-21)18(25)22-19-23-20(24-32-19)33(2,26)27/h3-11H,1-2H3,(H,22,23,24,25)/b14-11-. The topological polar surface area (TPSA) is 165 Å². The fourth-order valence-corrected chi connectivity index (χ4v) is 4.80. The van der Waals surface area contributed by atoms with Gasteiger partial charge in [0.2, 0.25) is 15.0 Å². The number of amides is 1. The van der Waals surface area contributed by atoms with Crippen LogP contribution in [-0.2, 0) is 24.7 Å². The van der Waals surface area contributed by atoms with E-state index >= 15 is 0 Å². The number of hydrogen-bond acceptors (Lipinski definition) is 11. The van der Waals surface area contributed by atoms with Crippen LogP contribution in [0.2, 0.25) is 0 Å². The predicted molar refractivity (Wildman–Crippen MR) is 122 cm³/mol. The molecular weight excluding hydrogens is 504 g/mol. The molecule has 0 aliphatic rings. The lowest BCUT2D eigenvalue weighted by atomic mass is 10.1. The SMILES string of the molecule is COc1ccc(S(=O)(=O)Oc2ccc(/C=C(/C#N)C(=O)Nc3nc(S(C)(=O)=O)ns3)cc2)cc1. The average molecular weight is 521 g/mol. The lowest BCUT2D eigenvalue weighted by Gasteiger charge is -2.08. The average Bonchev–Trinajstić information content (AvgIpc) is 3.27. The maximum Gasteiger partial charge on any atom is 0.339 e. The molecule has 0 spiro atoms. The summed E-state index contributed by atoms with van der Waals surface area (Å²) in [5.41, 5.74) is 0.116. The van der Waals surface area contributed by atoms with E-state index in [9.17, 15) is 26.9 Å². The number of methoxy groups -OCH3 is 1. The normalized spacial score (nSPS) is 12.0. The molecule has 2 aromatic carbocycles. The minimum atomic E-state index is -4.08. The van der Waals surface area contributed by atoms with Gasteiger partial charge >= 0.3 is 10.1 Å². The Morgan fingerprint density at radius 3 is 2.21 bits per heavy atom. The van der Waals surface area contributed by atoms with Gasteiger partial charge in [0.1, 0.15) is 28.0 Å². The monoisotopic (exact) mass is 520 g/mol. The van der Waals surface area contributed by atoms with Crippen molar-refractivity contribution in [3.05, 3.63) is 59.7 Å². The van der Waals surface area contributed by atoms with Crippen molar-refractivity contribution in [3.63, 3.8) is 0 Å². The Morgan fingerprint density at radius 1 is 1.06 bits per heavy atom. The zero-order chi connectivity index (χ0) is 24.9. The molecule has 1 heterocycles. The van der Waals surface area contributed by atoms with Crippen LogP contribution in [0, 0.1) is 11.3 Å². The molecule has 3 rings (SSSR count). The number of carbonyl (C=O) groups excluding carboxylic acids is 1. The van der Waals surface area contributed by atoms with Crippen LogP contribution in [0.5, 0.6) is 11.5 Å². The van der Waals surface area contributed by atoms with Gasteiger partial charge in [-0.3, -0.25) is 10.1 Å². The van der Waals surface area contributed by atoms with Crippen LogP contribution in [0.1, 0.15) is 5.56 Å². The van der Waals surface area contributed by atoms with E-state index < -0.39 is 31.0 Å². The number of aromatic nitrogens is 2. The van der Waals surface area contributed by atoms with E-state index in [1.807, 2.05) is 0 Å². The maximum atomic E-state index is 12.4. The molecule has 0 atom stereocenters. The molecule has 0 saturated heterocycles. The number of rotatable bonds is 8. The van der Waals surface area contributed by atoms with Crippen LogP contribution in [0.3, 0.4) is 0 Å². The molecule has 1 N–H and O–H groups in total. The van der Waals surface area contributed by atoms with E-state index in [-0.39, 0.29) is 21.3 Å². The molecule has 0 bridgehead atoms. The van der Waals surface area contributed by atoms with Crippen LogP contribution in [0.4, 0.5) is 5.13 Å². The number of carbonyl (C=O) groups is 1. The number of hydrogen-bond donors (Lipinski definition) is 1. The summed E-state index contributed by atoms with van der Waals surface area (Å²) in [5, 5.41) is 11.1. The Balaban J connectivity index is 1.72. The molecule has 34 heavy (non-hydrogen) atoms. The fraction of sp³-hybridized carbons (Fsp3) is 0.100. The van der Waals surface area contributed by atoms with Crippen LogP contribution < -0.4 is 14.2 Å². The van der Waals surface area contributed by atoms with Crippen LogP contribution in [0.15, 0.2) is 64.2 Å². The van der Waals surface area contributed by atoms with Crippen molar-refractivity contribution in [2.24, 2.45) is 0 Å². The Bertz CT molecular complexity index is 1490. The highest BCUT2D eigenvalue weighted by atomic mass is 32.2. The fourth-order valence-electron chi connectivity index (χ4n) is 2.43. The summed E-state index contributed by atoms with van der Waals surface area (Å²) in [7, 11) is -6.25. The Kier molecular flexibility index (Phi) is 7.30. The van der Waals surface area contributed by atoms with E-state index in [0.29, 0.717) is 22.8 Å². The molecule has 0 aliphatic heterocycles. The van der Waals surface area contributed by atoms with E-state index in [1.54, 1.807) is 6.07 Å². The van der Waals surface area contributed by atoms with Gasteiger partial charge < -0.3 is 8.92 Å². The van der Waals surface area contributed by atoms with Gasteiger partial charge in [0.15, 0.2) is 0 Å². The summed E-state index contributed by atoms with van der Waals surface area (Å²) >= 11 is 0.657. The smallest absolute Gasteiger partial charge is 0.339 e. The first-order valence-corrected chi connectivity index (χ1v) is 13.2. The van der Waals surface area contributed by atoms with Gasteiger partial charge in [0, 0.05) is 17.8 Å². The molecule has 1 aromatic heterocycles. The van der Waals surface area contributed by atoms with Crippen molar-refractivity contribution in [1.82, 2.24) is 9.36 Å². The summed E-state index contributed by atoms with van der Waals surface area (Å²) in [6, 6.07) is 13.0.